The van der Waals surface area contributed by atoms with Crippen molar-refractivity contribution >= 4 is 11.4 Å². The lowest BCUT2D eigenvalue weighted by Crippen LogP contribution is -2.14. The molecule has 0 fully saturated rings. The van der Waals surface area contributed by atoms with E-state index in [0.29, 0.717) is 5.69 Å². The summed E-state index contributed by atoms with van der Waals surface area (Å²) >= 11 is 0. The average molecular weight is 204 g/mol. The molecule has 0 saturated heterocycles. The molecule has 0 bridgehead atoms. The summed E-state index contributed by atoms with van der Waals surface area (Å²) < 4.78 is 1.92. The fourth-order valence-electron chi connectivity index (χ4n) is 1.58. The van der Waals surface area contributed by atoms with Crippen molar-refractivity contribution in [3.8, 4) is 0 Å². The van der Waals surface area contributed by atoms with Crippen molar-refractivity contribution < 1.29 is 5.21 Å². The Bertz CT molecular complexity index is 542. The molecule has 0 unspecified atom stereocenters. The first-order valence-electron chi connectivity index (χ1n) is 4.56. The van der Waals surface area contributed by atoms with Gasteiger partial charge in [-0.1, -0.05) is 11.2 Å². The largest absolute Gasteiger partial charge is 0.409 e. The Morgan fingerprint density at radius 2 is 2.20 bits per heavy atom. The zero-order valence-corrected chi connectivity index (χ0v) is 8.60. The monoisotopic (exact) mass is 204 g/mol. The topological polar surface area (TPSA) is 75.9 Å². The van der Waals surface area contributed by atoms with E-state index in [1.54, 1.807) is 0 Å². The molecular weight excluding hydrogens is 192 g/mol. The van der Waals surface area contributed by atoms with Crippen LogP contribution in [0.3, 0.4) is 0 Å². The molecule has 2 aromatic heterocycles. The van der Waals surface area contributed by atoms with Crippen LogP contribution in [0.5, 0.6) is 0 Å². The lowest BCUT2D eigenvalue weighted by Gasteiger charge is -1.98. The van der Waals surface area contributed by atoms with E-state index in [2.05, 4.69) is 10.1 Å². The molecule has 15 heavy (non-hydrogen) atoms. The second-order valence-corrected chi connectivity index (χ2v) is 3.45. The van der Waals surface area contributed by atoms with Gasteiger partial charge in [0.15, 0.2) is 5.84 Å². The quantitative estimate of drug-likeness (QED) is 0.315. The molecule has 78 valence electrons. The van der Waals surface area contributed by atoms with Crippen molar-refractivity contribution in [1.29, 1.82) is 0 Å². The number of nitrogens with zero attached hydrogens (tertiary/aromatic N) is 3. The van der Waals surface area contributed by atoms with Crippen molar-refractivity contribution in [2.75, 3.05) is 0 Å². The van der Waals surface area contributed by atoms with E-state index in [0.717, 1.165) is 16.9 Å². The molecule has 0 spiro atoms. The third-order valence-corrected chi connectivity index (χ3v) is 2.31. The van der Waals surface area contributed by atoms with Crippen LogP contribution in [0.2, 0.25) is 0 Å². The number of hydrogen-bond donors (Lipinski definition) is 2. The minimum Gasteiger partial charge on any atom is -0.409 e. The van der Waals surface area contributed by atoms with Crippen LogP contribution in [0.15, 0.2) is 23.5 Å². The van der Waals surface area contributed by atoms with Gasteiger partial charge in [0.25, 0.3) is 0 Å². The second kappa shape index (κ2) is 3.27. The van der Waals surface area contributed by atoms with E-state index in [9.17, 15) is 0 Å². The molecule has 0 aliphatic rings. The van der Waals surface area contributed by atoms with E-state index in [1.165, 1.54) is 0 Å². The molecule has 0 aromatic carbocycles. The second-order valence-electron chi connectivity index (χ2n) is 3.45. The van der Waals surface area contributed by atoms with Gasteiger partial charge >= 0.3 is 0 Å². The van der Waals surface area contributed by atoms with Gasteiger partial charge in [0.2, 0.25) is 0 Å². The first-order valence-corrected chi connectivity index (χ1v) is 4.56. The molecule has 0 radical (unpaired) electrons. The molecule has 0 saturated carbocycles. The minimum absolute atomic E-state index is 0.0319. The van der Waals surface area contributed by atoms with Crippen LogP contribution in [-0.4, -0.2) is 20.4 Å². The SMILES string of the molecule is Cc1ccc2c(/C(N)=N\O)nc(C)n2c1. The molecule has 0 aliphatic carbocycles. The summed E-state index contributed by atoms with van der Waals surface area (Å²) in [5.41, 5.74) is 8.02. The zero-order chi connectivity index (χ0) is 11.0. The van der Waals surface area contributed by atoms with Crippen LogP contribution in [0, 0.1) is 13.8 Å². The van der Waals surface area contributed by atoms with Gasteiger partial charge in [-0.3, -0.25) is 0 Å². The van der Waals surface area contributed by atoms with Gasteiger partial charge in [0, 0.05) is 6.20 Å². The summed E-state index contributed by atoms with van der Waals surface area (Å²) in [5.74, 6) is 0.847. The minimum atomic E-state index is 0.0319. The van der Waals surface area contributed by atoms with E-state index in [4.69, 9.17) is 10.9 Å². The highest BCUT2D eigenvalue weighted by Crippen LogP contribution is 2.13. The number of aryl methyl sites for hydroxylation is 2. The standard InChI is InChI=1S/C10H12N4O/c1-6-3-4-8-9(10(11)13-15)12-7(2)14(8)5-6/h3-5,15H,1-2H3,(H2,11,13). The highest BCUT2D eigenvalue weighted by atomic mass is 16.4. The summed E-state index contributed by atoms with van der Waals surface area (Å²) in [4.78, 5) is 4.25. The van der Waals surface area contributed by atoms with Crippen LogP contribution < -0.4 is 5.73 Å². The molecule has 5 nitrogen and oxygen atoms in total. The number of pyridine rings is 1. The number of hydrogen-bond acceptors (Lipinski definition) is 3. The van der Waals surface area contributed by atoms with Gasteiger partial charge in [-0.15, -0.1) is 0 Å². The maximum atomic E-state index is 8.63. The fraction of sp³-hybridized carbons (Fsp3) is 0.200. The molecule has 3 N–H and O–H groups in total. The smallest absolute Gasteiger partial charge is 0.191 e. The average Bonchev–Trinajstić information content (AvgIpc) is 2.55. The van der Waals surface area contributed by atoms with Gasteiger partial charge in [-0.25, -0.2) is 4.98 Å². The number of imidazole rings is 1. The summed E-state index contributed by atoms with van der Waals surface area (Å²) in [7, 11) is 0. The number of aromatic nitrogens is 2. The predicted molar refractivity (Wildman–Crippen MR) is 57.2 cm³/mol. The molecule has 2 heterocycles. The molecule has 0 atom stereocenters. The summed E-state index contributed by atoms with van der Waals surface area (Å²) in [6.45, 7) is 3.88. The zero-order valence-electron chi connectivity index (χ0n) is 8.60. The third kappa shape index (κ3) is 1.41. The number of amidine groups is 1. The predicted octanol–water partition coefficient (Wildman–Crippen LogP) is 1.05. The summed E-state index contributed by atoms with van der Waals surface area (Å²) in [6, 6.07) is 3.87. The van der Waals surface area contributed by atoms with E-state index in [1.807, 2.05) is 36.6 Å². The van der Waals surface area contributed by atoms with Crippen LogP contribution in [0.25, 0.3) is 5.52 Å². The van der Waals surface area contributed by atoms with Crippen molar-refractivity contribution in [3.63, 3.8) is 0 Å². The Morgan fingerprint density at radius 1 is 1.47 bits per heavy atom. The van der Waals surface area contributed by atoms with Gasteiger partial charge in [-0.05, 0) is 25.5 Å². The molecule has 2 aromatic rings. The summed E-state index contributed by atoms with van der Waals surface area (Å²) in [5, 5.41) is 11.6. The third-order valence-electron chi connectivity index (χ3n) is 2.31. The lowest BCUT2D eigenvalue weighted by molar-refractivity contribution is 0.318. The Kier molecular flexibility index (Phi) is 2.07. The molecule has 0 aliphatic heterocycles. The lowest BCUT2D eigenvalue weighted by atomic mass is 10.2. The molecule has 2 rings (SSSR count). The van der Waals surface area contributed by atoms with E-state index in [-0.39, 0.29) is 5.84 Å². The van der Waals surface area contributed by atoms with Gasteiger partial charge in [-0.2, -0.15) is 0 Å². The number of fused-ring (bicyclic) bond motifs is 1. The van der Waals surface area contributed by atoms with Crippen LogP contribution in [0.1, 0.15) is 17.1 Å². The maximum absolute atomic E-state index is 8.63. The van der Waals surface area contributed by atoms with Gasteiger partial charge < -0.3 is 15.3 Å². The molecular formula is C10H12N4O. The van der Waals surface area contributed by atoms with Gasteiger partial charge in [0.05, 0.1) is 5.52 Å². The van der Waals surface area contributed by atoms with Crippen LogP contribution in [0.4, 0.5) is 0 Å². The Hall–Kier alpha value is -2.04. The fourth-order valence-corrected chi connectivity index (χ4v) is 1.58. The van der Waals surface area contributed by atoms with E-state index < -0.39 is 0 Å². The maximum Gasteiger partial charge on any atom is 0.191 e. The van der Waals surface area contributed by atoms with Crippen molar-refractivity contribution in [1.82, 2.24) is 9.38 Å². The first-order chi connectivity index (χ1) is 7.13. The van der Waals surface area contributed by atoms with Crippen molar-refractivity contribution in [2.24, 2.45) is 10.9 Å². The highest BCUT2D eigenvalue weighted by Gasteiger charge is 2.11. The van der Waals surface area contributed by atoms with Crippen molar-refractivity contribution in [2.45, 2.75) is 13.8 Å². The number of rotatable bonds is 1. The number of oxime groups is 1. The molecule has 0 amide bonds. The normalized spacial score (nSPS) is 12.3. The van der Waals surface area contributed by atoms with Crippen LogP contribution >= 0.6 is 0 Å². The Labute approximate surface area is 86.8 Å². The first kappa shape index (κ1) is 9.51. The molecule has 5 heteroatoms. The van der Waals surface area contributed by atoms with E-state index >= 15 is 0 Å². The van der Waals surface area contributed by atoms with Gasteiger partial charge in [0.1, 0.15) is 11.5 Å². The Balaban J connectivity index is 2.79. The number of nitrogens with two attached hydrogens (primary N) is 1. The van der Waals surface area contributed by atoms with Crippen molar-refractivity contribution in [3.05, 3.63) is 35.4 Å². The highest BCUT2D eigenvalue weighted by molar-refractivity contribution is 6.01. The Morgan fingerprint density at radius 3 is 2.87 bits per heavy atom. The summed E-state index contributed by atoms with van der Waals surface area (Å²) in [6.07, 6.45) is 1.96. The van der Waals surface area contributed by atoms with Crippen LogP contribution in [-0.2, 0) is 0 Å².